The SMILES string of the molecule is COCCNC(=O)CCNCc1ccc(Cl)cc1. The molecule has 2 N–H and O–H groups in total. The van der Waals surface area contributed by atoms with Gasteiger partial charge in [-0.05, 0) is 17.7 Å². The molecule has 0 aliphatic rings. The molecule has 100 valence electrons. The predicted octanol–water partition coefficient (Wildman–Crippen LogP) is 1.58. The Morgan fingerprint density at radius 3 is 2.67 bits per heavy atom. The van der Waals surface area contributed by atoms with Crippen LogP contribution in [-0.2, 0) is 16.1 Å². The van der Waals surface area contributed by atoms with E-state index >= 15 is 0 Å². The molecular formula is C13H19ClN2O2. The molecule has 0 radical (unpaired) electrons. The molecule has 0 fully saturated rings. The molecule has 0 spiro atoms. The highest BCUT2D eigenvalue weighted by molar-refractivity contribution is 6.30. The van der Waals surface area contributed by atoms with Crippen molar-refractivity contribution in [1.29, 1.82) is 0 Å². The van der Waals surface area contributed by atoms with Gasteiger partial charge in [0.15, 0.2) is 0 Å². The maximum absolute atomic E-state index is 11.3. The summed E-state index contributed by atoms with van der Waals surface area (Å²) in [5.74, 6) is 0.0376. The zero-order valence-corrected chi connectivity index (χ0v) is 11.3. The first kappa shape index (κ1) is 15.0. The number of benzene rings is 1. The van der Waals surface area contributed by atoms with Gasteiger partial charge in [-0.2, -0.15) is 0 Å². The predicted molar refractivity (Wildman–Crippen MR) is 72.7 cm³/mol. The monoisotopic (exact) mass is 270 g/mol. The van der Waals surface area contributed by atoms with E-state index in [4.69, 9.17) is 16.3 Å². The van der Waals surface area contributed by atoms with Gasteiger partial charge in [0, 0.05) is 38.2 Å². The van der Waals surface area contributed by atoms with E-state index in [-0.39, 0.29) is 5.91 Å². The number of nitrogens with one attached hydrogen (secondary N) is 2. The van der Waals surface area contributed by atoms with Gasteiger partial charge in [-0.15, -0.1) is 0 Å². The number of halogens is 1. The van der Waals surface area contributed by atoms with Crippen molar-refractivity contribution in [2.75, 3.05) is 26.8 Å². The number of rotatable bonds is 8. The Balaban J connectivity index is 2.07. The van der Waals surface area contributed by atoms with Crippen molar-refractivity contribution in [2.24, 2.45) is 0 Å². The van der Waals surface area contributed by atoms with Crippen LogP contribution >= 0.6 is 11.6 Å². The highest BCUT2D eigenvalue weighted by Gasteiger charge is 1.99. The third-order valence-electron chi connectivity index (χ3n) is 2.40. The Kier molecular flexibility index (Phi) is 7.41. The van der Waals surface area contributed by atoms with E-state index in [0.29, 0.717) is 26.1 Å². The summed E-state index contributed by atoms with van der Waals surface area (Å²) in [7, 11) is 1.61. The summed E-state index contributed by atoms with van der Waals surface area (Å²) < 4.78 is 4.84. The number of ether oxygens (including phenoxy) is 1. The first-order valence-electron chi connectivity index (χ1n) is 5.93. The molecule has 0 aliphatic heterocycles. The summed E-state index contributed by atoms with van der Waals surface area (Å²) in [6.07, 6.45) is 0.470. The third-order valence-corrected chi connectivity index (χ3v) is 2.65. The maximum Gasteiger partial charge on any atom is 0.221 e. The molecule has 18 heavy (non-hydrogen) atoms. The molecule has 4 nitrogen and oxygen atoms in total. The number of methoxy groups -OCH3 is 1. The molecular weight excluding hydrogens is 252 g/mol. The fourth-order valence-electron chi connectivity index (χ4n) is 1.42. The standard InChI is InChI=1S/C13H19ClN2O2/c1-18-9-8-16-13(17)6-7-15-10-11-2-4-12(14)5-3-11/h2-5,15H,6-10H2,1H3,(H,16,17). The number of hydrogen-bond donors (Lipinski definition) is 2. The quantitative estimate of drug-likeness (QED) is 0.705. The Morgan fingerprint density at radius 1 is 1.28 bits per heavy atom. The summed E-state index contributed by atoms with van der Waals surface area (Å²) in [4.78, 5) is 11.3. The van der Waals surface area contributed by atoms with E-state index in [1.807, 2.05) is 24.3 Å². The first-order valence-corrected chi connectivity index (χ1v) is 6.31. The van der Waals surface area contributed by atoms with Crippen molar-refractivity contribution < 1.29 is 9.53 Å². The molecule has 1 aromatic carbocycles. The topological polar surface area (TPSA) is 50.4 Å². The van der Waals surface area contributed by atoms with Crippen molar-refractivity contribution >= 4 is 17.5 Å². The van der Waals surface area contributed by atoms with Gasteiger partial charge in [-0.25, -0.2) is 0 Å². The van der Waals surface area contributed by atoms with Crippen LogP contribution in [0.15, 0.2) is 24.3 Å². The molecule has 0 atom stereocenters. The second-order valence-corrected chi connectivity index (χ2v) is 4.33. The van der Waals surface area contributed by atoms with Crippen LogP contribution in [-0.4, -0.2) is 32.7 Å². The zero-order valence-electron chi connectivity index (χ0n) is 10.5. The highest BCUT2D eigenvalue weighted by Crippen LogP contribution is 2.08. The second kappa shape index (κ2) is 8.91. The second-order valence-electron chi connectivity index (χ2n) is 3.90. The Morgan fingerprint density at radius 2 is 2.00 bits per heavy atom. The van der Waals surface area contributed by atoms with Crippen molar-refractivity contribution in [3.8, 4) is 0 Å². The van der Waals surface area contributed by atoms with Crippen LogP contribution in [0.2, 0.25) is 5.02 Å². The first-order chi connectivity index (χ1) is 8.72. The van der Waals surface area contributed by atoms with Gasteiger partial charge in [0.25, 0.3) is 0 Å². The van der Waals surface area contributed by atoms with Crippen LogP contribution in [0.4, 0.5) is 0 Å². The lowest BCUT2D eigenvalue weighted by atomic mass is 10.2. The fraction of sp³-hybridized carbons (Fsp3) is 0.462. The summed E-state index contributed by atoms with van der Waals surface area (Å²) in [5, 5.41) is 6.71. The van der Waals surface area contributed by atoms with E-state index in [1.165, 1.54) is 0 Å². The number of carbonyl (C=O) groups is 1. The van der Waals surface area contributed by atoms with E-state index in [1.54, 1.807) is 7.11 Å². The molecule has 0 heterocycles. The molecule has 0 unspecified atom stereocenters. The lowest BCUT2D eigenvalue weighted by Gasteiger charge is -2.06. The van der Waals surface area contributed by atoms with E-state index in [0.717, 1.165) is 17.1 Å². The van der Waals surface area contributed by atoms with Crippen molar-refractivity contribution in [3.05, 3.63) is 34.9 Å². The molecule has 0 saturated heterocycles. The van der Waals surface area contributed by atoms with Crippen LogP contribution in [0.3, 0.4) is 0 Å². The molecule has 1 aromatic rings. The summed E-state index contributed by atoms with van der Waals surface area (Å²) in [5.41, 5.74) is 1.15. The van der Waals surface area contributed by atoms with E-state index < -0.39 is 0 Å². The minimum Gasteiger partial charge on any atom is -0.383 e. The van der Waals surface area contributed by atoms with E-state index in [2.05, 4.69) is 10.6 Å². The minimum atomic E-state index is 0.0376. The number of hydrogen-bond acceptors (Lipinski definition) is 3. The van der Waals surface area contributed by atoms with Crippen LogP contribution < -0.4 is 10.6 Å². The van der Waals surface area contributed by atoms with Crippen molar-refractivity contribution in [1.82, 2.24) is 10.6 Å². The van der Waals surface area contributed by atoms with Gasteiger partial charge in [-0.1, -0.05) is 23.7 Å². The third kappa shape index (κ3) is 6.59. The van der Waals surface area contributed by atoms with Crippen LogP contribution in [0, 0.1) is 0 Å². The van der Waals surface area contributed by atoms with Crippen LogP contribution in [0.1, 0.15) is 12.0 Å². The molecule has 0 aliphatic carbocycles. The molecule has 1 amide bonds. The zero-order chi connectivity index (χ0) is 13.2. The normalized spacial score (nSPS) is 10.3. The lowest BCUT2D eigenvalue weighted by Crippen LogP contribution is -2.29. The van der Waals surface area contributed by atoms with Gasteiger partial charge in [0.1, 0.15) is 0 Å². The molecule has 0 saturated carbocycles. The Bertz CT molecular complexity index is 355. The molecule has 1 rings (SSSR count). The smallest absolute Gasteiger partial charge is 0.221 e. The average Bonchev–Trinajstić information content (AvgIpc) is 2.37. The fourth-order valence-corrected chi connectivity index (χ4v) is 1.54. The Labute approximate surface area is 113 Å². The van der Waals surface area contributed by atoms with Crippen molar-refractivity contribution in [3.63, 3.8) is 0 Å². The van der Waals surface area contributed by atoms with Crippen molar-refractivity contribution in [2.45, 2.75) is 13.0 Å². The summed E-state index contributed by atoms with van der Waals surface area (Å²) in [6, 6.07) is 7.65. The largest absolute Gasteiger partial charge is 0.383 e. The van der Waals surface area contributed by atoms with Crippen LogP contribution in [0.25, 0.3) is 0 Å². The van der Waals surface area contributed by atoms with Gasteiger partial charge >= 0.3 is 0 Å². The number of amides is 1. The van der Waals surface area contributed by atoms with Gasteiger partial charge in [0.05, 0.1) is 6.61 Å². The van der Waals surface area contributed by atoms with Gasteiger partial charge in [-0.3, -0.25) is 4.79 Å². The molecule has 5 heteroatoms. The lowest BCUT2D eigenvalue weighted by molar-refractivity contribution is -0.121. The highest BCUT2D eigenvalue weighted by atomic mass is 35.5. The summed E-state index contributed by atoms with van der Waals surface area (Å²) in [6.45, 7) is 2.50. The Hall–Kier alpha value is -1.10. The average molecular weight is 271 g/mol. The van der Waals surface area contributed by atoms with E-state index in [9.17, 15) is 4.79 Å². The number of carbonyl (C=O) groups excluding carboxylic acids is 1. The minimum absolute atomic E-state index is 0.0376. The molecule has 0 aromatic heterocycles. The molecule has 0 bridgehead atoms. The summed E-state index contributed by atoms with van der Waals surface area (Å²) >= 11 is 5.79. The van der Waals surface area contributed by atoms with Gasteiger partial charge in [0.2, 0.25) is 5.91 Å². The van der Waals surface area contributed by atoms with Gasteiger partial charge < -0.3 is 15.4 Å². The maximum atomic E-state index is 11.3. The van der Waals surface area contributed by atoms with Crippen LogP contribution in [0.5, 0.6) is 0 Å².